The van der Waals surface area contributed by atoms with Gasteiger partial charge in [-0.2, -0.15) is 0 Å². The summed E-state index contributed by atoms with van der Waals surface area (Å²) in [4.78, 5) is 14.4. The van der Waals surface area contributed by atoms with Crippen LogP contribution >= 0.6 is 22.7 Å². The van der Waals surface area contributed by atoms with Gasteiger partial charge in [-0.05, 0) is 26.8 Å². The Morgan fingerprint density at radius 2 is 2.07 bits per heavy atom. The highest BCUT2D eigenvalue weighted by Crippen LogP contribution is 2.44. The largest absolute Gasteiger partial charge is 0.611 e. The fourth-order valence-corrected chi connectivity index (χ4v) is 6.22. The normalized spacial score (nSPS) is 13.0. The summed E-state index contributed by atoms with van der Waals surface area (Å²) in [5, 5.41) is 3.60. The summed E-state index contributed by atoms with van der Waals surface area (Å²) in [7, 11) is 1.97. The summed E-state index contributed by atoms with van der Waals surface area (Å²) in [6.07, 6.45) is 3.60. The Morgan fingerprint density at radius 3 is 2.67 bits per heavy atom. The van der Waals surface area contributed by atoms with E-state index in [-0.39, 0.29) is 5.25 Å². The first-order valence-corrected chi connectivity index (χ1v) is 11.3. The quantitative estimate of drug-likeness (QED) is 0.502. The second kappa shape index (κ2) is 6.90. The number of hydrogen-bond acceptors (Lipinski definition) is 7. The van der Waals surface area contributed by atoms with E-state index in [2.05, 4.69) is 9.97 Å². The van der Waals surface area contributed by atoms with Gasteiger partial charge in [-0.25, -0.2) is 15.0 Å². The summed E-state index contributed by atoms with van der Waals surface area (Å²) in [6, 6.07) is 2.00. The van der Waals surface area contributed by atoms with Crippen molar-refractivity contribution in [3.05, 3.63) is 29.7 Å². The molecule has 0 fully saturated rings. The highest BCUT2D eigenvalue weighted by molar-refractivity contribution is 7.94. The molecule has 0 bridgehead atoms. The minimum Gasteiger partial charge on any atom is -0.611 e. The highest BCUT2D eigenvalue weighted by Gasteiger charge is 2.27. The molecule has 0 amide bonds. The van der Waals surface area contributed by atoms with Crippen molar-refractivity contribution in [1.29, 1.82) is 0 Å². The number of imidazole rings is 1. The molecule has 0 aliphatic rings. The highest BCUT2D eigenvalue weighted by atomic mass is 32.2. The minimum absolute atomic E-state index is 0.0128. The Bertz CT molecular complexity index is 1110. The third kappa shape index (κ3) is 3.04. The van der Waals surface area contributed by atoms with Gasteiger partial charge in [0.15, 0.2) is 0 Å². The molecule has 2 N–H and O–H groups in total. The van der Waals surface area contributed by atoms with Crippen LogP contribution in [0.3, 0.4) is 0 Å². The Morgan fingerprint density at radius 1 is 1.30 bits per heavy atom. The lowest BCUT2D eigenvalue weighted by Crippen LogP contribution is -2.13. The zero-order chi connectivity index (χ0) is 19.3. The van der Waals surface area contributed by atoms with Gasteiger partial charge in [0.05, 0.1) is 11.9 Å². The molecule has 140 valence electrons. The number of rotatable bonds is 4. The first-order valence-electron chi connectivity index (χ1n) is 8.40. The van der Waals surface area contributed by atoms with Gasteiger partial charge in [0.2, 0.25) is 4.21 Å². The van der Waals surface area contributed by atoms with Gasteiger partial charge in [-0.1, -0.05) is 11.3 Å². The molecule has 0 radical (unpaired) electrons. The first-order chi connectivity index (χ1) is 12.9. The molecule has 0 aromatic carbocycles. The van der Waals surface area contributed by atoms with Gasteiger partial charge < -0.3 is 14.9 Å². The van der Waals surface area contributed by atoms with Crippen molar-refractivity contribution in [3.8, 4) is 22.0 Å². The van der Waals surface area contributed by atoms with E-state index >= 15 is 0 Å². The Balaban J connectivity index is 2.05. The molecule has 6 nitrogen and oxygen atoms in total. The molecule has 0 aliphatic carbocycles. The van der Waals surface area contributed by atoms with E-state index in [0.29, 0.717) is 9.90 Å². The molecule has 9 heteroatoms. The van der Waals surface area contributed by atoms with E-state index in [1.165, 1.54) is 22.7 Å². The number of anilines is 1. The van der Waals surface area contributed by atoms with Crippen molar-refractivity contribution in [1.82, 2.24) is 19.5 Å². The zero-order valence-corrected chi connectivity index (χ0v) is 17.8. The van der Waals surface area contributed by atoms with Crippen molar-refractivity contribution >= 4 is 49.8 Å². The molecule has 27 heavy (non-hydrogen) atoms. The molecule has 1 unspecified atom stereocenters. The van der Waals surface area contributed by atoms with Crippen LogP contribution in [0.15, 0.2) is 28.0 Å². The molecule has 0 saturated heterocycles. The van der Waals surface area contributed by atoms with Gasteiger partial charge in [0.1, 0.15) is 32.3 Å². The van der Waals surface area contributed by atoms with Crippen LogP contribution in [0.2, 0.25) is 0 Å². The average Bonchev–Trinajstić information content (AvgIpc) is 3.35. The monoisotopic (exact) mass is 417 g/mol. The minimum atomic E-state index is -1.17. The maximum atomic E-state index is 12.8. The van der Waals surface area contributed by atoms with Crippen molar-refractivity contribution in [2.24, 2.45) is 7.05 Å². The van der Waals surface area contributed by atoms with Crippen molar-refractivity contribution in [2.45, 2.75) is 30.2 Å². The number of hydrogen-bond donors (Lipinski definition) is 1. The summed E-state index contributed by atoms with van der Waals surface area (Å²) >= 11 is 1.77. The molecule has 1 atom stereocenters. The van der Waals surface area contributed by atoms with E-state index < -0.39 is 11.2 Å². The number of thiophene rings is 1. The molecule has 0 saturated carbocycles. The van der Waals surface area contributed by atoms with Crippen molar-refractivity contribution in [2.75, 3.05) is 5.73 Å². The van der Waals surface area contributed by atoms with Gasteiger partial charge in [-0.15, -0.1) is 11.3 Å². The zero-order valence-electron chi connectivity index (χ0n) is 15.4. The number of aryl methyl sites for hydroxylation is 1. The molecule has 0 aliphatic heterocycles. The number of nitrogens with two attached hydrogens (primary N) is 1. The third-order valence-corrected chi connectivity index (χ3v) is 8.30. The van der Waals surface area contributed by atoms with E-state index in [4.69, 9.17) is 10.7 Å². The van der Waals surface area contributed by atoms with Crippen LogP contribution in [0.25, 0.3) is 32.2 Å². The third-order valence-electron chi connectivity index (χ3n) is 4.42. The maximum absolute atomic E-state index is 12.8. The summed E-state index contributed by atoms with van der Waals surface area (Å²) in [6.45, 7) is 5.82. The Kier molecular flexibility index (Phi) is 4.71. The van der Waals surface area contributed by atoms with Crippen LogP contribution in [0, 0.1) is 6.92 Å². The molecule has 0 spiro atoms. The van der Waals surface area contributed by atoms with Crippen LogP contribution in [0.1, 0.15) is 19.7 Å². The van der Waals surface area contributed by atoms with Crippen molar-refractivity contribution < 1.29 is 4.55 Å². The molecular formula is C18H19N5OS3. The Hall–Kier alpha value is -1.94. The number of aromatic nitrogens is 4. The molecular weight excluding hydrogens is 398 g/mol. The second-order valence-corrected chi connectivity index (χ2v) is 10.6. The lowest BCUT2D eigenvalue weighted by atomic mass is 10.1. The summed E-state index contributed by atoms with van der Waals surface area (Å²) < 4.78 is 15.5. The topological polar surface area (TPSA) is 92.7 Å². The number of nitrogen functional groups attached to an aromatic ring is 1. The van der Waals surface area contributed by atoms with Gasteiger partial charge in [-0.3, -0.25) is 0 Å². The lowest BCUT2D eigenvalue weighted by Gasteiger charge is -2.12. The number of thiazole rings is 1. The fourth-order valence-electron chi connectivity index (χ4n) is 2.88. The summed E-state index contributed by atoms with van der Waals surface area (Å²) in [5.74, 6) is 0.908. The predicted octanol–water partition coefficient (Wildman–Crippen LogP) is 4.23. The second-order valence-electron chi connectivity index (χ2n) is 6.47. The molecule has 4 aromatic rings. The SMILES string of the molecule is Cc1ncc(-c2cc(-c3nccs3)nc3sc([S+]([O-])C(C)C)c(N)c23)n1C. The predicted molar refractivity (Wildman–Crippen MR) is 114 cm³/mol. The first kappa shape index (κ1) is 18.4. The van der Waals surface area contributed by atoms with Gasteiger partial charge in [0, 0.05) is 40.8 Å². The van der Waals surface area contributed by atoms with E-state index in [0.717, 1.165) is 38.0 Å². The van der Waals surface area contributed by atoms with Crippen LogP contribution < -0.4 is 5.73 Å². The molecule has 4 rings (SSSR count). The van der Waals surface area contributed by atoms with Crippen molar-refractivity contribution in [3.63, 3.8) is 0 Å². The van der Waals surface area contributed by atoms with Crippen LogP contribution in [-0.4, -0.2) is 29.3 Å². The molecule has 4 aromatic heterocycles. The van der Waals surface area contributed by atoms with Crippen LogP contribution in [0.5, 0.6) is 0 Å². The smallest absolute Gasteiger partial charge is 0.232 e. The van der Waals surface area contributed by atoms with Crippen LogP contribution in [-0.2, 0) is 18.2 Å². The Labute approximate surface area is 168 Å². The maximum Gasteiger partial charge on any atom is 0.232 e. The van der Waals surface area contributed by atoms with Crippen LogP contribution in [0.4, 0.5) is 5.69 Å². The standard InChI is InChI=1S/C18H19N5OS3/c1-9(2)27(24)18-15(19)14-11(13-8-21-10(3)23(13)4)7-12(22-17(14)26-18)16-20-5-6-25-16/h5-9H,19H2,1-4H3. The average molecular weight is 418 g/mol. The van der Waals surface area contributed by atoms with E-state index in [9.17, 15) is 4.55 Å². The number of fused-ring (bicyclic) bond motifs is 1. The van der Waals surface area contributed by atoms with E-state index in [1.807, 2.05) is 50.0 Å². The number of pyridine rings is 1. The lowest BCUT2D eigenvalue weighted by molar-refractivity contribution is 0.589. The number of nitrogens with zero attached hydrogens (tertiary/aromatic N) is 4. The summed E-state index contributed by atoms with van der Waals surface area (Å²) in [5.41, 5.74) is 9.70. The van der Waals surface area contributed by atoms with Gasteiger partial charge >= 0.3 is 0 Å². The fraction of sp³-hybridized carbons (Fsp3) is 0.278. The molecule has 4 heterocycles. The van der Waals surface area contributed by atoms with Gasteiger partial charge in [0.25, 0.3) is 0 Å². The van der Waals surface area contributed by atoms with E-state index in [1.54, 1.807) is 6.20 Å².